The number of halogens is 2. The molecule has 6 heteroatoms. The maximum absolute atomic E-state index is 13.1. The van der Waals surface area contributed by atoms with Crippen molar-refractivity contribution < 1.29 is 18.3 Å². The van der Waals surface area contributed by atoms with Crippen molar-refractivity contribution in [3.63, 3.8) is 0 Å². The van der Waals surface area contributed by atoms with E-state index in [-0.39, 0.29) is 12.3 Å². The molecule has 88 valence electrons. The van der Waals surface area contributed by atoms with Gasteiger partial charge in [-0.2, -0.15) is 0 Å². The van der Waals surface area contributed by atoms with Crippen molar-refractivity contribution in [2.45, 2.75) is 6.04 Å². The number of amides is 1. The lowest BCUT2D eigenvalue weighted by Gasteiger charge is -2.11. The summed E-state index contributed by atoms with van der Waals surface area (Å²) in [5, 5.41) is 2.24. The molecule has 1 aromatic carbocycles. The van der Waals surface area contributed by atoms with Gasteiger partial charge in [0.1, 0.15) is 17.7 Å². The molecule has 0 radical (unpaired) electrons. The van der Waals surface area contributed by atoms with Gasteiger partial charge in [0.2, 0.25) is 5.91 Å². The normalized spacial score (nSPS) is 12.2. The lowest BCUT2D eigenvalue weighted by atomic mass is 10.2. The van der Waals surface area contributed by atoms with E-state index < -0.39 is 23.6 Å². The van der Waals surface area contributed by atoms with Gasteiger partial charge in [0.15, 0.2) is 0 Å². The van der Waals surface area contributed by atoms with Crippen molar-refractivity contribution in [3.8, 4) is 0 Å². The van der Waals surface area contributed by atoms with Gasteiger partial charge in [0.05, 0.1) is 12.3 Å². The second-order valence-electron chi connectivity index (χ2n) is 3.18. The fourth-order valence-corrected chi connectivity index (χ4v) is 1.07. The molecule has 0 bridgehead atoms. The number of hydrogen-bond donors (Lipinski definition) is 2. The molecule has 16 heavy (non-hydrogen) atoms. The molecule has 0 saturated carbocycles. The maximum Gasteiger partial charge on any atom is 0.243 e. The fraction of sp³-hybridized carbons (Fsp3) is 0.300. The zero-order valence-corrected chi connectivity index (χ0v) is 8.67. The molecule has 0 aliphatic rings. The number of nitrogens with two attached hydrogens (primary N) is 1. The molecule has 1 amide bonds. The molecule has 1 atom stereocenters. The van der Waals surface area contributed by atoms with Crippen molar-refractivity contribution in [2.75, 3.05) is 19.0 Å². The topological polar surface area (TPSA) is 64.3 Å². The third-order valence-electron chi connectivity index (χ3n) is 1.87. The monoisotopic (exact) mass is 230 g/mol. The molecule has 1 unspecified atom stereocenters. The predicted molar refractivity (Wildman–Crippen MR) is 54.8 cm³/mol. The van der Waals surface area contributed by atoms with Crippen LogP contribution >= 0.6 is 0 Å². The van der Waals surface area contributed by atoms with Crippen LogP contribution in [0.25, 0.3) is 0 Å². The molecule has 0 fully saturated rings. The van der Waals surface area contributed by atoms with Gasteiger partial charge in [-0.1, -0.05) is 0 Å². The lowest BCUT2D eigenvalue weighted by Crippen LogP contribution is -2.39. The smallest absolute Gasteiger partial charge is 0.243 e. The quantitative estimate of drug-likeness (QED) is 0.806. The van der Waals surface area contributed by atoms with Gasteiger partial charge in [-0.05, 0) is 12.1 Å². The minimum Gasteiger partial charge on any atom is -0.383 e. The molecule has 4 nitrogen and oxygen atoms in total. The Balaban J connectivity index is 2.69. The Hall–Kier alpha value is -1.53. The van der Waals surface area contributed by atoms with Gasteiger partial charge in [0, 0.05) is 13.2 Å². The number of nitrogens with one attached hydrogen (secondary N) is 1. The molecule has 0 aromatic heterocycles. The van der Waals surface area contributed by atoms with Crippen molar-refractivity contribution >= 4 is 11.6 Å². The van der Waals surface area contributed by atoms with E-state index in [0.29, 0.717) is 6.07 Å². The van der Waals surface area contributed by atoms with Gasteiger partial charge >= 0.3 is 0 Å². The zero-order chi connectivity index (χ0) is 12.1. The highest BCUT2D eigenvalue weighted by Crippen LogP contribution is 2.14. The van der Waals surface area contributed by atoms with Crippen molar-refractivity contribution in [1.82, 2.24) is 0 Å². The number of anilines is 1. The van der Waals surface area contributed by atoms with E-state index in [2.05, 4.69) is 10.1 Å². The Morgan fingerprint density at radius 1 is 1.56 bits per heavy atom. The van der Waals surface area contributed by atoms with E-state index in [9.17, 15) is 13.6 Å². The third kappa shape index (κ3) is 3.25. The van der Waals surface area contributed by atoms with E-state index in [4.69, 9.17) is 5.73 Å². The van der Waals surface area contributed by atoms with E-state index in [1.54, 1.807) is 0 Å². The Morgan fingerprint density at radius 2 is 2.25 bits per heavy atom. The predicted octanol–water partition coefficient (Wildman–Crippen LogP) is 0.877. The van der Waals surface area contributed by atoms with Crippen LogP contribution in [0.3, 0.4) is 0 Å². The van der Waals surface area contributed by atoms with Crippen LogP contribution < -0.4 is 11.1 Å². The number of ether oxygens (including phenoxy) is 1. The molecule has 0 heterocycles. The number of methoxy groups -OCH3 is 1. The first-order valence-electron chi connectivity index (χ1n) is 4.55. The summed E-state index contributed by atoms with van der Waals surface area (Å²) < 4.78 is 30.4. The molecule has 0 aliphatic heterocycles. The molecule has 1 aromatic rings. The third-order valence-corrected chi connectivity index (χ3v) is 1.87. The maximum atomic E-state index is 13.1. The van der Waals surface area contributed by atoms with E-state index in [0.717, 1.165) is 12.1 Å². The number of hydrogen-bond acceptors (Lipinski definition) is 3. The minimum absolute atomic E-state index is 0.0225. The summed E-state index contributed by atoms with van der Waals surface area (Å²) in [6.07, 6.45) is 0. The van der Waals surface area contributed by atoms with Gasteiger partial charge < -0.3 is 15.8 Å². The first kappa shape index (κ1) is 12.5. The second kappa shape index (κ2) is 5.53. The fourth-order valence-electron chi connectivity index (χ4n) is 1.07. The summed E-state index contributed by atoms with van der Waals surface area (Å²) >= 11 is 0. The van der Waals surface area contributed by atoms with Crippen molar-refractivity contribution in [2.24, 2.45) is 5.73 Å². The number of benzene rings is 1. The Labute approximate surface area is 91.4 Å². The van der Waals surface area contributed by atoms with Gasteiger partial charge in [0.25, 0.3) is 0 Å². The largest absolute Gasteiger partial charge is 0.383 e. The summed E-state index contributed by atoms with van der Waals surface area (Å²) in [6, 6.07) is 1.95. The Bertz CT molecular complexity index is 385. The lowest BCUT2D eigenvalue weighted by molar-refractivity contribution is -0.118. The summed E-state index contributed by atoms with van der Waals surface area (Å²) in [6.45, 7) is 0.0225. The second-order valence-corrected chi connectivity index (χ2v) is 3.18. The van der Waals surface area contributed by atoms with Crippen LogP contribution in [0.2, 0.25) is 0 Å². The van der Waals surface area contributed by atoms with Gasteiger partial charge in [-0.3, -0.25) is 4.79 Å². The van der Waals surface area contributed by atoms with Crippen LogP contribution in [0, 0.1) is 11.6 Å². The SMILES string of the molecule is COCC(N)C(=O)Nc1ccc(F)cc1F. The molecule has 1 rings (SSSR count). The van der Waals surface area contributed by atoms with Crippen LogP contribution in [0.15, 0.2) is 18.2 Å². The standard InChI is InChI=1S/C10H12F2N2O2/c1-16-5-8(13)10(15)14-9-3-2-6(11)4-7(9)12/h2-4,8H,5,13H2,1H3,(H,14,15). The molecule has 3 N–H and O–H groups in total. The summed E-state index contributed by atoms with van der Waals surface area (Å²) in [5.41, 5.74) is 5.31. The van der Waals surface area contributed by atoms with Crippen LogP contribution in [0.5, 0.6) is 0 Å². The van der Waals surface area contributed by atoms with E-state index in [1.807, 2.05) is 0 Å². The summed E-state index contributed by atoms with van der Waals surface area (Å²) in [5.74, 6) is -2.15. The Morgan fingerprint density at radius 3 is 2.81 bits per heavy atom. The average Bonchev–Trinajstić information content (AvgIpc) is 2.22. The van der Waals surface area contributed by atoms with Gasteiger partial charge in [-0.15, -0.1) is 0 Å². The molecule has 0 spiro atoms. The molecular weight excluding hydrogens is 218 g/mol. The zero-order valence-electron chi connectivity index (χ0n) is 8.67. The van der Waals surface area contributed by atoms with Crippen LogP contribution in [-0.2, 0) is 9.53 Å². The number of carbonyl (C=O) groups excluding carboxylic acids is 1. The number of rotatable bonds is 4. The van der Waals surface area contributed by atoms with Crippen LogP contribution in [0.4, 0.5) is 14.5 Å². The minimum atomic E-state index is -0.894. The molecular formula is C10H12F2N2O2. The summed E-state index contributed by atoms with van der Waals surface area (Å²) in [4.78, 5) is 11.4. The highest BCUT2D eigenvalue weighted by Gasteiger charge is 2.15. The van der Waals surface area contributed by atoms with E-state index >= 15 is 0 Å². The summed E-state index contributed by atoms with van der Waals surface area (Å²) in [7, 11) is 1.39. The molecule has 0 saturated heterocycles. The Kier molecular flexibility index (Phi) is 4.33. The first-order valence-corrected chi connectivity index (χ1v) is 4.55. The van der Waals surface area contributed by atoms with E-state index in [1.165, 1.54) is 7.11 Å². The van der Waals surface area contributed by atoms with Gasteiger partial charge in [-0.25, -0.2) is 8.78 Å². The highest BCUT2D eigenvalue weighted by atomic mass is 19.1. The van der Waals surface area contributed by atoms with Crippen LogP contribution in [0.1, 0.15) is 0 Å². The first-order chi connectivity index (χ1) is 7.54. The van der Waals surface area contributed by atoms with Crippen molar-refractivity contribution in [3.05, 3.63) is 29.8 Å². The molecule has 0 aliphatic carbocycles. The highest BCUT2D eigenvalue weighted by molar-refractivity contribution is 5.94. The average molecular weight is 230 g/mol. The van der Waals surface area contributed by atoms with Crippen LogP contribution in [-0.4, -0.2) is 25.7 Å². The van der Waals surface area contributed by atoms with Crippen molar-refractivity contribution in [1.29, 1.82) is 0 Å². The number of carbonyl (C=O) groups is 1.